The molecule has 0 unspecified atom stereocenters. The molecule has 0 atom stereocenters. The van der Waals surface area contributed by atoms with Crippen LogP contribution in [0.4, 0.5) is 0 Å². The third-order valence-corrected chi connectivity index (χ3v) is 4.66. The molecule has 1 rings (SSSR count). The number of Topliss-reactive ketones (excluding diaryl/α,β-unsaturated/α-hetero) is 1. The van der Waals surface area contributed by atoms with E-state index in [9.17, 15) is 4.79 Å². The van der Waals surface area contributed by atoms with E-state index in [1.807, 2.05) is 0 Å². The Balaban J connectivity index is 2.10. The Hall–Kier alpha value is -0.330. The predicted octanol–water partition coefficient (Wildman–Crippen LogP) is 6.59. The molecule has 1 aliphatic rings. The lowest BCUT2D eigenvalue weighted by atomic mass is 10.0. The van der Waals surface area contributed by atoms with Gasteiger partial charge in [0.1, 0.15) is 5.78 Å². The lowest BCUT2D eigenvalue weighted by Crippen LogP contribution is -1.97. The molecule has 0 spiro atoms. The van der Waals surface area contributed by atoms with Crippen LogP contribution in [-0.2, 0) is 4.79 Å². The molecule has 0 N–H and O–H groups in total. The van der Waals surface area contributed by atoms with Gasteiger partial charge >= 0.3 is 0 Å². The van der Waals surface area contributed by atoms with Crippen LogP contribution in [0.1, 0.15) is 116 Å². The zero-order chi connectivity index (χ0) is 14.3. The van der Waals surface area contributed by atoms with E-state index in [0.29, 0.717) is 5.78 Å². The third kappa shape index (κ3) is 11.5. The van der Waals surface area contributed by atoms with E-state index in [0.717, 1.165) is 25.7 Å². The van der Waals surface area contributed by atoms with Crippen LogP contribution in [-0.4, -0.2) is 5.78 Å². The van der Waals surface area contributed by atoms with Gasteiger partial charge in [0.15, 0.2) is 0 Å². The molecular weight excluding hydrogens is 244 g/mol. The van der Waals surface area contributed by atoms with Gasteiger partial charge in [-0.05, 0) is 12.8 Å². The molecule has 1 fully saturated rings. The molecule has 0 bridgehead atoms. The zero-order valence-electron chi connectivity index (χ0n) is 13.6. The van der Waals surface area contributed by atoms with Crippen molar-refractivity contribution in [2.24, 2.45) is 0 Å². The summed E-state index contributed by atoms with van der Waals surface area (Å²) in [6.45, 7) is 0. The quantitative estimate of drug-likeness (QED) is 0.489. The lowest BCUT2D eigenvalue weighted by molar-refractivity contribution is -0.119. The number of ketones is 1. The molecule has 1 nitrogen and oxygen atoms in total. The van der Waals surface area contributed by atoms with Crippen molar-refractivity contribution < 1.29 is 4.79 Å². The SMILES string of the molecule is O=C1CCCCCCCCCCCCCCCCCC1. The minimum absolute atomic E-state index is 0.517. The largest absolute Gasteiger partial charge is 0.300 e. The van der Waals surface area contributed by atoms with E-state index in [1.54, 1.807) is 0 Å². The van der Waals surface area contributed by atoms with Crippen LogP contribution >= 0.6 is 0 Å². The van der Waals surface area contributed by atoms with Crippen molar-refractivity contribution in [3.05, 3.63) is 0 Å². The minimum Gasteiger partial charge on any atom is -0.300 e. The molecule has 1 aliphatic carbocycles. The maximum atomic E-state index is 11.7. The highest BCUT2D eigenvalue weighted by Gasteiger charge is 2.02. The zero-order valence-corrected chi connectivity index (χ0v) is 13.6. The van der Waals surface area contributed by atoms with Crippen LogP contribution < -0.4 is 0 Å². The first-order chi connectivity index (χ1) is 9.89. The van der Waals surface area contributed by atoms with Crippen molar-refractivity contribution in [2.75, 3.05) is 0 Å². The number of hydrogen-bond acceptors (Lipinski definition) is 1. The van der Waals surface area contributed by atoms with Crippen LogP contribution in [0.15, 0.2) is 0 Å². The summed E-state index contributed by atoms with van der Waals surface area (Å²) in [4.78, 5) is 11.7. The van der Waals surface area contributed by atoms with Gasteiger partial charge in [0.05, 0.1) is 0 Å². The number of hydrogen-bond donors (Lipinski definition) is 0. The smallest absolute Gasteiger partial charge is 0.132 e. The summed E-state index contributed by atoms with van der Waals surface area (Å²) in [5, 5.41) is 0. The summed E-state index contributed by atoms with van der Waals surface area (Å²) in [6.07, 6.45) is 23.4. The van der Waals surface area contributed by atoms with E-state index < -0.39 is 0 Å². The van der Waals surface area contributed by atoms with Crippen molar-refractivity contribution in [3.8, 4) is 0 Å². The Bertz CT molecular complexity index is 200. The maximum absolute atomic E-state index is 11.7. The highest BCUT2D eigenvalue weighted by atomic mass is 16.1. The molecule has 0 aromatic rings. The molecular formula is C19H36O. The van der Waals surface area contributed by atoms with Crippen molar-refractivity contribution in [2.45, 2.75) is 116 Å². The van der Waals surface area contributed by atoms with Gasteiger partial charge in [-0.1, -0.05) is 89.9 Å². The molecule has 0 radical (unpaired) electrons. The van der Waals surface area contributed by atoms with Crippen molar-refractivity contribution in [3.63, 3.8) is 0 Å². The van der Waals surface area contributed by atoms with Crippen molar-refractivity contribution in [1.29, 1.82) is 0 Å². The normalized spacial score (nSPS) is 23.5. The summed E-state index contributed by atoms with van der Waals surface area (Å²) in [6, 6.07) is 0. The summed E-state index contributed by atoms with van der Waals surface area (Å²) < 4.78 is 0. The van der Waals surface area contributed by atoms with E-state index in [4.69, 9.17) is 0 Å². The van der Waals surface area contributed by atoms with E-state index in [-0.39, 0.29) is 0 Å². The molecule has 0 aliphatic heterocycles. The molecule has 0 amide bonds. The van der Waals surface area contributed by atoms with E-state index in [1.165, 1.54) is 89.9 Å². The molecule has 0 heterocycles. The van der Waals surface area contributed by atoms with Gasteiger partial charge in [-0.3, -0.25) is 4.79 Å². The first-order valence-electron chi connectivity index (χ1n) is 9.41. The van der Waals surface area contributed by atoms with Crippen LogP contribution in [0, 0.1) is 0 Å². The lowest BCUT2D eigenvalue weighted by Gasteiger charge is -2.02. The number of rotatable bonds is 0. The van der Waals surface area contributed by atoms with E-state index >= 15 is 0 Å². The summed E-state index contributed by atoms with van der Waals surface area (Å²) >= 11 is 0. The standard InChI is InChI=1S/C19H36O/c20-19-17-15-13-11-9-7-5-3-1-2-4-6-8-10-12-14-16-18-19/h1-18H2. The monoisotopic (exact) mass is 280 g/mol. The minimum atomic E-state index is 0.517. The van der Waals surface area contributed by atoms with Gasteiger partial charge in [0, 0.05) is 12.8 Å². The average Bonchev–Trinajstić information content (AvgIpc) is 2.45. The molecule has 20 heavy (non-hydrogen) atoms. The molecule has 0 aromatic heterocycles. The van der Waals surface area contributed by atoms with Gasteiger partial charge < -0.3 is 0 Å². The molecule has 1 heteroatoms. The second-order valence-corrected chi connectivity index (χ2v) is 6.70. The Labute approximate surface area is 126 Å². The fraction of sp³-hybridized carbons (Fsp3) is 0.947. The van der Waals surface area contributed by atoms with Crippen molar-refractivity contribution >= 4 is 5.78 Å². The average molecular weight is 280 g/mol. The summed E-state index contributed by atoms with van der Waals surface area (Å²) in [7, 11) is 0. The predicted molar refractivity (Wildman–Crippen MR) is 88.1 cm³/mol. The number of carbonyl (C=O) groups is 1. The van der Waals surface area contributed by atoms with Crippen molar-refractivity contribution in [1.82, 2.24) is 0 Å². The highest BCUT2D eigenvalue weighted by Crippen LogP contribution is 2.15. The Morgan fingerprint density at radius 3 is 0.800 bits per heavy atom. The first-order valence-corrected chi connectivity index (χ1v) is 9.41. The summed E-state index contributed by atoms with van der Waals surface area (Å²) in [5.74, 6) is 0.517. The van der Waals surface area contributed by atoms with Crippen LogP contribution in [0.25, 0.3) is 0 Å². The third-order valence-electron chi connectivity index (χ3n) is 4.66. The van der Waals surface area contributed by atoms with Crippen LogP contribution in [0.3, 0.4) is 0 Å². The fourth-order valence-corrected chi connectivity index (χ4v) is 3.24. The molecule has 1 saturated carbocycles. The van der Waals surface area contributed by atoms with Gasteiger partial charge in [0.25, 0.3) is 0 Å². The Morgan fingerprint density at radius 1 is 0.350 bits per heavy atom. The second kappa shape index (κ2) is 13.6. The number of carbonyl (C=O) groups excluding carboxylic acids is 1. The Kier molecular flexibility index (Phi) is 12.1. The van der Waals surface area contributed by atoms with Gasteiger partial charge in [0.2, 0.25) is 0 Å². The second-order valence-electron chi connectivity index (χ2n) is 6.70. The fourth-order valence-electron chi connectivity index (χ4n) is 3.24. The highest BCUT2D eigenvalue weighted by molar-refractivity contribution is 5.78. The van der Waals surface area contributed by atoms with Gasteiger partial charge in [-0.25, -0.2) is 0 Å². The maximum Gasteiger partial charge on any atom is 0.132 e. The van der Waals surface area contributed by atoms with E-state index in [2.05, 4.69) is 0 Å². The van der Waals surface area contributed by atoms with Crippen LogP contribution in [0.5, 0.6) is 0 Å². The molecule has 0 aromatic carbocycles. The molecule has 118 valence electrons. The van der Waals surface area contributed by atoms with Crippen LogP contribution in [0.2, 0.25) is 0 Å². The first kappa shape index (κ1) is 17.7. The molecule has 0 saturated heterocycles. The Morgan fingerprint density at radius 2 is 0.550 bits per heavy atom. The van der Waals surface area contributed by atoms with Gasteiger partial charge in [-0.15, -0.1) is 0 Å². The topological polar surface area (TPSA) is 17.1 Å². The summed E-state index contributed by atoms with van der Waals surface area (Å²) in [5.41, 5.74) is 0. The van der Waals surface area contributed by atoms with Gasteiger partial charge in [-0.2, -0.15) is 0 Å².